The highest BCUT2D eigenvalue weighted by molar-refractivity contribution is 5.85. The van der Waals surface area contributed by atoms with Crippen LogP contribution in [0.5, 0.6) is 0 Å². The highest BCUT2D eigenvalue weighted by atomic mass is 35.5. The molecular weight excluding hydrogens is 383 g/mol. The number of ether oxygens (including phenoxy) is 1. The molecule has 3 heterocycles. The second kappa shape index (κ2) is 8.50. The van der Waals surface area contributed by atoms with Crippen LogP contribution >= 0.6 is 12.4 Å². The summed E-state index contributed by atoms with van der Waals surface area (Å²) >= 11 is 0. The molecule has 2 aromatic heterocycles. The number of hydrogen-bond acceptors (Lipinski definition) is 5. The van der Waals surface area contributed by atoms with E-state index in [0.717, 1.165) is 11.1 Å². The summed E-state index contributed by atoms with van der Waals surface area (Å²) < 4.78 is 20.9. The van der Waals surface area contributed by atoms with Gasteiger partial charge >= 0.3 is 0 Å². The Balaban J connectivity index is 0.00000225. The van der Waals surface area contributed by atoms with Crippen LogP contribution in [0.3, 0.4) is 0 Å². The Morgan fingerprint density at radius 1 is 1.18 bits per heavy atom. The molecule has 0 spiro atoms. The molecule has 0 radical (unpaired) electrons. The Hall–Kier alpha value is -2.77. The van der Waals surface area contributed by atoms with Crippen LogP contribution in [0.15, 0.2) is 59.7 Å². The van der Waals surface area contributed by atoms with Crippen molar-refractivity contribution < 1.29 is 9.13 Å². The first kappa shape index (κ1) is 20.0. The largest absolute Gasteiger partial charge is 0.370 e. The van der Waals surface area contributed by atoms with E-state index in [2.05, 4.69) is 4.98 Å². The molecular formula is C20H20ClFN4O2. The van der Waals surface area contributed by atoms with Crippen molar-refractivity contribution in [3.05, 3.63) is 76.6 Å². The van der Waals surface area contributed by atoms with E-state index in [1.54, 1.807) is 25.5 Å². The maximum absolute atomic E-state index is 13.6. The summed E-state index contributed by atoms with van der Waals surface area (Å²) in [4.78, 5) is 23.2. The van der Waals surface area contributed by atoms with E-state index in [1.165, 1.54) is 22.8 Å². The zero-order valence-corrected chi connectivity index (χ0v) is 16.1. The van der Waals surface area contributed by atoms with E-state index in [9.17, 15) is 9.18 Å². The van der Waals surface area contributed by atoms with E-state index in [-0.39, 0.29) is 29.9 Å². The topological polar surface area (TPSA) is 60.2 Å². The van der Waals surface area contributed by atoms with Gasteiger partial charge in [-0.15, -0.1) is 12.4 Å². The average molecular weight is 403 g/mol. The van der Waals surface area contributed by atoms with Crippen molar-refractivity contribution >= 4 is 18.4 Å². The average Bonchev–Trinajstić information content (AvgIpc) is 2.71. The molecule has 1 fully saturated rings. The molecule has 0 aliphatic carbocycles. The number of nitrogens with zero attached hydrogens (tertiary/aromatic N) is 4. The lowest BCUT2D eigenvalue weighted by Gasteiger charge is -2.34. The van der Waals surface area contributed by atoms with E-state index in [1.807, 2.05) is 23.1 Å². The number of morpholine rings is 1. The Kier molecular flexibility index (Phi) is 6.06. The van der Waals surface area contributed by atoms with Crippen molar-refractivity contribution in [3.8, 4) is 11.3 Å². The summed E-state index contributed by atoms with van der Waals surface area (Å²) in [6, 6.07) is 11.6. The minimum atomic E-state index is -0.293. The Morgan fingerprint density at radius 2 is 1.96 bits per heavy atom. The number of pyridine rings is 1. The lowest BCUT2D eigenvalue weighted by molar-refractivity contribution is 0.0388. The van der Waals surface area contributed by atoms with Crippen molar-refractivity contribution in [2.45, 2.75) is 6.10 Å². The highest BCUT2D eigenvalue weighted by Crippen LogP contribution is 2.26. The molecule has 8 heteroatoms. The fourth-order valence-electron chi connectivity index (χ4n) is 3.22. The molecule has 0 amide bonds. The number of rotatable bonds is 3. The zero-order valence-electron chi connectivity index (χ0n) is 15.3. The minimum Gasteiger partial charge on any atom is -0.370 e. The molecule has 0 saturated carbocycles. The van der Waals surface area contributed by atoms with Crippen LogP contribution in [0.4, 0.5) is 10.3 Å². The smallest absolute Gasteiger partial charge is 0.255 e. The van der Waals surface area contributed by atoms with E-state index >= 15 is 0 Å². The summed E-state index contributed by atoms with van der Waals surface area (Å²) in [6.45, 7) is 1.56. The Morgan fingerprint density at radius 3 is 2.71 bits per heavy atom. The molecule has 1 saturated heterocycles. The van der Waals surface area contributed by atoms with Crippen LogP contribution in [-0.2, 0) is 11.8 Å². The maximum Gasteiger partial charge on any atom is 0.255 e. The monoisotopic (exact) mass is 402 g/mol. The van der Waals surface area contributed by atoms with Crippen LogP contribution in [0.25, 0.3) is 11.3 Å². The van der Waals surface area contributed by atoms with Crippen LogP contribution in [0.1, 0.15) is 11.7 Å². The third-order valence-corrected chi connectivity index (χ3v) is 4.66. The Labute approximate surface area is 168 Å². The normalized spacial score (nSPS) is 16.5. The first-order chi connectivity index (χ1) is 13.1. The molecule has 1 aliphatic rings. The van der Waals surface area contributed by atoms with Crippen LogP contribution in [0.2, 0.25) is 0 Å². The standard InChI is InChI=1S/C20H19FN4O2.ClH/c1-24-19(26)12-17(14-5-7-22-8-6-14)23-20(24)25-9-10-27-18(13-25)15-3-2-4-16(21)11-15;/h2-8,11-12,18H,9-10,13H2,1H3;1H/t18-;/m0./s1. The molecule has 3 aromatic rings. The number of anilines is 1. The molecule has 4 rings (SSSR count). The van der Waals surface area contributed by atoms with Gasteiger partial charge in [0.1, 0.15) is 11.9 Å². The minimum absolute atomic E-state index is 0. The highest BCUT2D eigenvalue weighted by Gasteiger charge is 2.25. The van der Waals surface area contributed by atoms with Crippen molar-refractivity contribution in [1.82, 2.24) is 14.5 Å². The number of hydrogen-bond donors (Lipinski definition) is 0. The predicted molar refractivity (Wildman–Crippen MR) is 107 cm³/mol. The van der Waals surface area contributed by atoms with Crippen LogP contribution in [0, 0.1) is 5.82 Å². The first-order valence-corrected chi connectivity index (χ1v) is 8.72. The van der Waals surface area contributed by atoms with Gasteiger partial charge in [-0.05, 0) is 29.8 Å². The third kappa shape index (κ3) is 4.05. The van der Waals surface area contributed by atoms with Gasteiger partial charge in [-0.25, -0.2) is 9.37 Å². The van der Waals surface area contributed by atoms with Gasteiger partial charge in [-0.1, -0.05) is 12.1 Å². The predicted octanol–water partition coefficient (Wildman–Crippen LogP) is 2.98. The molecule has 6 nitrogen and oxygen atoms in total. The zero-order chi connectivity index (χ0) is 18.8. The second-order valence-electron chi connectivity index (χ2n) is 6.43. The molecule has 146 valence electrons. The summed E-state index contributed by atoms with van der Waals surface area (Å²) in [5, 5.41) is 0. The molecule has 0 bridgehead atoms. The van der Waals surface area contributed by atoms with Crippen molar-refractivity contribution in [3.63, 3.8) is 0 Å². The SMILES string of the molecule is Cl.Cn1c(N2CCO[C@H](c3cccc(F)c3)C2)nc(-c2ccncc2)cc1=O. The molecule has 0 N–H and O–H groups in total. The van der Waals surface area contributed by atoms with Gasteiger partial charge in [-0.2, -0.15) is 0 Å². The van der Waals surface area contributed by atoms with Gasteiger partial charge in [-0.3, -0.25) is 14.3 Å². The number of halogens is 2. The van der Waals surface area contributed by atoms with Gasteiger partial charge in [0.25, 0.3) is 5.56 Å². The summed E-state index contributed by atoms with van der Waals surface area (Å²) in [5.41, 5.74) is 2.07. The van der Waals surface area contributed by atoms with Crippen molar-refractivity contribution in [2.24, 2.45) is 7.05 Å². The van der Waals surface area contributed by atoms with Crippen LogP contribution in [-0.4, -0.2) is 34.2 Å². The molecule has 28 heavy (non-hydrogen) atoms. The van der Waals surface area contributed by atoms with E-state index in [4.69, 9.17) is 9.72 Å². The second-order valence-corrected chi connectivity index (χ2v) is 6.43. The van der Waals surface area contributed by atoms with Crippen molar-refractivity contribution in [2.75, 3.05) is 24.6 Å². The molecule has 1 aromatic carbocycles. The van der Waals surface area contributed by atoms with E-state index < -0.39 is 0 Å². The lowest BCUT2D eigenvalue weighted by Crippen LogP contribution is -2.41. The maximum atomic E-state index is 13.6. The molecule has 1 aliphatic heterocycles. The van der Waals surface area contributed by atoms with Gasteiger partial charge < -0.3 is 9.64 Å². The fourth-order valence-corrected chi connectivity index (χ4v) is 3.22. The quantitative estimate of drug-likeness (QED) is 0.674. The first-order valence-electron chi connectivity index (χ1n) is 8.72. The fraction of sp³-hybridized carbons (Fsp3) is 0.250. The van der Waals surface area contributed by atoms with Gasteiger partial charge in [0.15, 0.2) is 0 Å². The van der Waals surface area contributed by atoms with Gasteiger partial charge in [0, 0.05) is 37.6 Å². The van der Waals surface area contributed by atoms with Gasteiger partial charge in [0.05, 0.1) is 18.8 Å². The summed E-state index contributed by atoms with van der Waals surface area (Å²) in [6.07, 6.45) is 3.06. The van der Waals surface area contributed by atoms with E-state index in [0.29, 0.717) is 31.3 Å². The Bertz CT molecular complexity index is 1010. The molecule has 0 unspecified atom stereocenters. The van der Waals surface area contributed by atoms with Crippen molar-refractivity contribution in [1.29, 1.82) is 0 Å². The lowest BCUT2D eigenvalue weighted by atomic mass is 10.1. The summed E-state index contributed by atoms with van der Waals surface area (Å²) in [7, 11) is 1.70. The number of aromatic nitrogens is 3. The van der Waals surface area contributed by atoms with Gasteiger partial charge in [0.2, 0.25) is 5.95 Å². The van der Waals surface area contributed by atoms with Crippen LogP contribution < -0.4 is 10.5 Å². The molecule has 1 atom stereocenters. The third-order valence-electron chi connectivity index (χ3n) is 4.66. The number of benzene rings is 1. The summed E-state index contributed by atoms with van der Waals surface area (Å²) in [5.74, 6) is 0.275.